The van der Waals surface area contributed by atoms with Gasteiger partial charge in [0.1, 0.15) is 6.61 Å². The number of nitrogens with one attached hydrogen (secondary N) is 1. The van der Waals surface area contributed by atoms with Crippen molar-refractivity contribution in [3.63, 3.8) is 0 Å². The van der Waals surface area contributed by atoms with Crippen LogP contribution in [0.4, 0.5) is 5.69 Å². The van der Waals surface area contributed by atoms with Crippen molar-refractivity contribution >= 4 is 27.6 Å². The lowest BCUT2D eigenvalue weighted by Crippen LogP contribution is -2.40. The number of esters is 1. The molecule has 1 saturated heterocycles. The molecule has 2 aromatic rings. The molecule has 1 atom stereocenters. The third kappa shape index (κ3) is 5.01. The lowest BCUT2D eigenvalue weighted by molar-refractivity contribution is -0.156. The van der Waals surface area contributed by atoms with Crippen LogP contribution in [-0.4, -0.2) is 70.2 Å². The highest BCUT2D eigenvalue weighted by atomic mass is 32.2. The normalized spacial score (nSPS) is 18.6. The zero-order valence-corrected chi connectivity index (χ0v) is 17.9. The van der Waals surface area contributed by atoms with Crippen LogP contribution in [0, 0.1) is 0 Å². The van der Waals surface area contributed by atoms with Gasteiger partial charge in [0.25, 0.3) is 5.91 Å². The Bertz CT molecular complexity index is 1080. The highest BCUT2D eigenvalue weighted by molar-refractivity contribution is 7.89. The number of fused-ring (bicyclic) bond motifs is 1. The van der Waals surface area contributed by atoms with Crippen LogP contribution in [0.2, 0.25) is 0 Å². The predicted octanol–water partition coefficient (Wildman–Crippen LogP) is 1.03. The van der Waals surface area contributed by atoms with Crippen LogP contribution in [0.1, 0.15) is 0 Å². The molecule has 11 heteroatoms. The number of sulfonamides is 1. The minimum atomic E-state index is -3.62. The van der Waals surface area contributed by atoms with Gasteiger partial charge in [-0.3, -0.25) is 4.79 Å². The molecule has 32 heavy (non-hydrogen) atoms. The van der Waals surface area contributed by atoms with Crippen LogP contribution in [0.5, 0.6) is 11.5 Å². The van der Waals surface area contributed by atoms with Crippen molar-refractivity contribution in [2.45, 2.75) is 11.0 Å². The van der Waals surface area contributed by atoms with Crippen LogP contribution >= 0.6 is 0 Å². The summed E-state index contributed by atoms with van der Waals surface area (Å²) in [4.78, 5) is 24.4. The van der Waals surface area contributed by atoms with Gasteiger partial charge in [-0.25, -0.2) is 13.2 Å². The average molecular weight is 462 g/mol. The first-order valence-electron chi connectivity index (χ1n) is 9.96. The lowest BCUT2D eigenvalue weighted by Gasteiger charge is -2.26. The number of anilines is 1. The molecule has 0 aromatic heterocycles. The second-order valence-corrected chi connectivity index (χ2v) is 9.00. The number of benzene rings is 2. The topological polar surface area (TPSA) is 120 Å². The largest absolute Gasteiger partial charge is 0.485 e. The fourth-order valence-corrected chi connectivity index (χ4v) is 4.62. The fourth-order valence-electron chi connectivity index (χ4n) is 3.21. The van der Waals surface area contributed by atoms with Gasteiger partial charge < -0.3 is 24.3 Å². The second kappa shape index (κ2) is 9.55. The summed E-state index contributed by atoms with van der Waals surface area (Å²) in [5, 5.41) is 2.56. The van der Waals surface area contributed by atoms with E-state index in [1.54, 1.807) is 24.3 Å². The first kappa shape index (κ1) is 22.1. The van der Waals surface area contributed by atoms with Gasteiger partial charge >= 0.3 is 5.97 Å². The van der Waals surface area contributed by atoms with E-state index < -0.39 is 34.6 Å². The second-order valence-electron chi connectivity index (χ2n) is 7.06. The smallest absolute Gasteiger partial charge is 0.351 e. The Kier molecular flexibility index (Phi) is 6.58. The molecule has 0 spiro atoms. The molecule has 10 nitrogen and oxygen atoms in total. The number of rotatable bonds is 6. The van der Waals surface area contributed by atoms with E-state index in [-0.39, 0.29) is 11.5 Å². The van der Waals surface area contributed by atoms with Crippen molar-refractivity contribution in [2.75, 3.05) is 44.8 Å². The van der Waals surface area contributed by atoms with Gasteiger partial charge in [0.2, 0.25) is 16.1 Å². The molecule has 1 amide bonds. The van der Waals surface area contributed by atoms with Crippen LogP contribution in [0.25, 0.3) is 0 Å². The molecule has 2 aliphatic rings. The van der Waals surface area contributed by atoms with E-state index in [1.165, 1.54) is 28.6 Å². The number of amides is 1. The molecule has 0 bridgehead atoms. The van der Waals surface area contributed by atoms with Gasteiger partial charge in [-0.05, 0) is 36.4 Å². The van der Waals surface area contributed by atoms with E-state index in [1.807, 2.05) is 0 Å². The maximum Gasteiger partial charge on any atom is 0.351 e. The number of nitrogens with zero attached hydrogens (tertiary/aromatic N) is 1. The maximum absolute atomic E-state index is 12.6. The van der Waals surface area contributed by atoms with Gasteiger partial charge in [-0.2, -0.15) is 4.31 Å². The molecule has 0 aliphatic carbocycles. The quantitative estimate of drug-likeness (QED) is 0.632. The number of para-hydroxylation sites is 2. The van der Waals surface area contributed by atoms with Crippen molar-refractivity contribution in [2.24, 2.45) is 0 Å². The van der Waals surface area contributed by atoms with Crippen molar-refractivity contribution < 1.29 is 37.0 Å². The Morgan fingerprint density at radius 3 is 2.44 bits per heavy atom. The Hall–Kier alpha value is -3.15. The summed E-state index contributed by atoms with van der Waals surface area (Å²) < 4.78 is 47.8. The number of carbonyl (C=O) groups excluding carboxylic acids is 2. The SMILES string of the molecule is O=C(COC(=O)[C@H]1COc2ccccc2O1)Nc1ccc(S(=O)(=O)N2CCOCC2)cc1. The van der Waals surface area contributed by atoms with E-state index in [0.717, 1.165) is 0 Å². The molecule has 4 rings (SSSR count). The molecule has 2 aromatic carbocycles. The van der Waals surface area contributed by atoms with E-state index >= 15 is 0 Å². The minimum Gasteiger partial charge on any atom is -0.485 e. The summed E-state index contributed by atoms with van der Waals surface area (Å²) in [6.45, 7) is 0.777. The van der Waals surface area contributed by atoms with Gasteiger partial charge in [0.15, 0.2) is 18.1 Å². The summed E-state index contributed by atoms with van der Waals surface area (Å²) in [6.07, 6.45) is -0.970. The van der Waals surface area contributed by atoms with E-state index in [4.69, 9.17) is 18.9 Å². The Labute approximate surface area is 185 Å². The zero-order chi connectivity index (χ0) is 22.6. The van der Waals surface area contributed by atoms with Gasteiger partial charge in [0.05, 0.1) is 18.1 Å². The molecule has 0 saturated carbocycles. The van der Waals surface area contributed by atoms with Crippen LogP contribution in [-0.2, 0) is 29.1 Å². The van der Waals surface area contributed by atoms with Gasteiger partial charge in [0, 0.05) is 18.8 Å². The molecular formula is C21H22N2O8S. The van der Waals surface area contributed by atoms with E-state index in [0.29, 0.717) is 43.5 Å². The monoisotopic (exact) mass is 462 g/mol. The molecule has 0 unspecified atom stereocenters. The molecule has 0 radical (unpaired) electrons. The minimum absolute atomic E-state index is 0.0173. The van der Waals surface area contributed by atoms with Gasteiger partial charge in [-0.15, -0.1) is 0 Å². The number of ether oxygens (including phenoxy) is 4. The summed E-state index contributed by atoms with van der Waals surface area (Å²) in [5.41, 5.74) is 0.373. The molecule has 1 N–H and O–H groups in total. The summed E-state index contributed by atoms with van der Waals surface area (Å²) >= 11 is 0. The van der Waals surface area contributed by atoms with E-state index in [9.17, 15) is 18.0 Å². The molecule has 170 valence electrons. The summed E-state index contributed by atoms with van der Waals surface area (Å²) in [7, 11) is -3.62. The molecule has 2 aliphatic heterocycles. The Morgan fingerprint density at radius 2 is 1.72 bits per heavy atom. The van der Waals surface area contributed by atoms with Crippen molar-refractivity contribution in [1.29, 1.82) is 0 Å². The van der Waals surface area contributed by atoms with Crippen LogP contribution in [0.15, 0.2) is 53.4 Å². The molecular weight excluding hydrogens is 440 g/mol. The third-order valence-corrected chi connectivity index (χ3v) is 6.78. The highest BCUT2D eigenvalue weighted by Gasteiger charge is 2.29. The van der Waals surface area contributed by atoms with Crippen molar-refractivity contribution in [1.82, 2.24) is 4.31 Å². The van der Waals surface area contributed by atoms with Crippen LogP contribution < -0.4 is 14.8 Å². The number of morpholine rings is 1. The lowest BCUT2D eigenvalue weighted by atomic mass is 10.2. The average Bonchev–Trinajstić information content (AvgIpc) is 2.83. The Balaban J connectivity index is 1.27. The van der Waals surface area contributed by atoms with Gasteiger partial charge in [-0.1, -0.05) is 12.1 Å². The molecule has 1 fully saturated rings. The summed E-state index contributed by atoms with van der Waals surface area (Å²) in [5.74, 6) is -0.327. The maximum atomic E-state index is 12.6. The third-order valence-electron chi connectivity index (χ3n) is 4.86. The summed E-state index contributed by atoms with van der Waals surface area (Å²) in [6, 6.07) is 12.7. The predicted molar refractivity (Wildman–Crippen MR) is 112 cm³/mol. The number of hydrogen-bond donors (Lipinski definition) is 1. The number of carbonyl (C=O) groups is 2. The standard InChI is InChI=1S/C21H22N2O8S/c24-20(14-30-21(25)19-13-29-17-3-1-2-4-18(17)31-19)22-15-5-7-16(8-6-15)32(26,27)23-9-11-28-12-10-23/h1-8,19H,9-14H2,(H,22,24)/t19-/m1/s1. The molecule has 2 heterocycles. The van der Waals surface area contributed by atoms with Crippen LogP contribution in [0.3, 0.4) is 0 Å². The van der Waals surface area contributed by atoms with E-state index in [2.05, 4.69) is 5.32 Å². The van der Waals surface area contributed by atoms with Crippen molar-refractivity contribution in [3.8, 4) is 11.5 Å². The highest BCUT2D eigenvalue weighted by Crippen LogP contribution is 2.31. The first-order chi connectivity index (χ1) is 15.4. The fraction of sp³-hybridized carbons (Fsp3) is 0.333. The zero-order valence-electron chi connectivity index (χ0n) is 17.1. The first-order valence-corrected chi connectivity index (χ1v) is 11.4. The number of hydrogen-bond acceptors (Lipinski definition) is 8. The van der Waals surface area contributed by atoms with Crippen molar-refractivity contribution in [3.05, 3.63) is 48.5 Å². The Morgan fingerprint density at radius 1 is 1.03 bits per heavy atom.